The van der Waals surface area contributed by atoms with Crippen molar-refractivity contribution in [2.45, 2.75) is 57.5 Å². The van der Waals surface area contributed by atoms with Crippen molar-refractivity contribution in [3.05, 3.63) is 63.8 Å². The number of nitrogens with one attached hydrogen (secondary N) is 1. The summed E-state index contributed by atoms with van der Waals surface area (Å²) < 4.78 is 15.1. The predicted molar refractivity (Wildman–Crippen MR) is 132 cm³/mol. The maximum atomic E-state index is 13.5. The molecule has 1 aliphatic heterocycles. The van der Waals surface area contributed by atoms with E-state index in [1.807, 2.05) is 4.57 Å². The Labute approximate surface area is 204 Å². The van der Waals surface area contributed by atoms with Gasteiger partial charge in [0.25, 0.3) is 11.8 Å². The second-order valence-corrected chi connectivity index (χ2v) is 10.1. The number of aromatic nitrogens is 1. The second-order valence-electron chi connectivity index (χ2n) is 10.1. The van der Waals surface area contributed by atoms with Crippen molar-refractivity contribution >= 4 is 17.5 Å². The number of rotatable bonds is 6. The van der Waals surface area contributed by atoms with Crippen LogP contribution in [-0.2, 0) is 6.54 Å². The Morgan fingerprint density at radius 1 is 0.886 bits per heavy atom. The third kappa shape index (κ3) is 5.57. The average Bonchev–Trinajstić information content (AvgIpc) is 3.70. The fourth-order valence-electron chi connectivity index (χ4n) is 5.20. The van der Waals surface area contributed by atoms with E-state index in [1.54, 1.807) is 29.4 Å². The zero-order valence-corrected chi connectivity index (χ0v) is 20.0. The largest absolute Gasteiger partial charge is 0.368 e. The van der Waals surface area contributed by atoms with Crippen LogP contribution in [0.25, 0.3) is 0 Å². The Balaban J connectivity index is 1.35. The molecule has 1 saturated heterocycles. The Bertz CT molecular complexity index is 1130. The van der Waals surface area contributed by atoms with E-state index in [4.69, 9.17) is 0 Å². The Morgan fingerprint density at radius 2 is 1.54 bits per heavy atom. The van der Waals surface area contributed by atoms with Gasteiger partial charge in [-0.15, -0.1) is 0 Å². The number of pyridine rings is 1. The van der Waals surface area contributed by atoms with E-state index in [0.717, 1.165) is 31.4 Å². The second kappa shape index (κ2) is 10.2. The highest BCUT2D eigenvalue weighted by Crippen LogP contribution is 2.25. The minimum atomic E-state index is -0.492. The number of hydrogen-bond donors (Lipinski definition) is 1. The third-order valence-electron chi connectivity index (χ3n) is 7.42. The van der Waals surface area contributed by atoms with Gasteiger partial charge in [-0.1, -0.05) is 19.3 Å². The van der Waals surface area contributed by atoms with Gasteiger partial charge in [0.2, 0.25) is 5.43 Å². The SMILES string of the molecule is O=C(NC1CC1)c1cn(CC2CCCCC2)cc(C(=O)N2CCN(c3ccc(F)cc3)CC2)c1=O. The van der Waals surface area contributed by atoms with Gasteiger partial charge in [0.05, 0.1) is 0 Å². The Hall–Kier alpha value is -3.16. The molecule has 35 heavy (non-hydrogen) atoms. The summed E-state index contributed by atoms with van der Waals surface area (Å²) in [4.78, 5) is 43.4. The fraction of sp³-hybridized carbons (Fsp3) is 0.519. The number of benzene rings is 1. The summed E-state index contributed by atoms with van der Waals surface area (Å²) in [5.74, 6) is -0.497. The number of carbonyl (C=O) groups is 2. The van der Waals surface area contributed by atoms with E-state index in [-0.39, 0.29) is 34.8 Å². The van der Waals surface area contributed by atoms with Crippen molar-refractivity contribution in [3.63, 3.8) is 0 Å². The molecule has 8 heteroatoms. The number of halogens is 1. The number of amides is 2. The van der Waals surface area contributed by atoms with Crippen molar-refractivity contribution in [2.24, 2.45) is 5.92 Å². The van der Waals surface area contributed by atoms with Crippen molar-refractivity contribution in [3.8, 4) is 0 Å². The molecule has 2 heterocycles. The molecule has 0 bridgehead atoms. The van der Waals surface area contributed by atoms with E-state index in [2.05, 4.69) is 10.2 Å². The van der Waals surface area contributed by atoms with Crippen LogP contribution in [0.5, 0.6) is 0 Å². The molecule has 186 valence electrons. The van der Waals surface area contributed by atoms with Crippen molar-refractivity contribution in [1.82, 2.24) is 14.8 Å². The number of carbonyl (C=O) groups excluding carboxylic acids is 2. The summed E-state index contributed by atoms with van der Waals surface area (Å²) in [6, 6.07) is 6.46. The quantitative estimate of drug-likeness (QED) is 0.688. The number of piperazine rings is 1. The first kappa shape index (κ1) is 23.6. The topological polar surface area (TPSA) is 74.7 Å². The van der Waals surface area contributed by atoms with Gasteiger partial charge in [0, 0.05) is 56.8 Å². The first-order valence-corrected chi connectivity index (χ1v) is 12.8. The lowest BCUT2D eigenvalue weighted by Crippen LogP contribution is -2.50. The molecule has 2 amide bonds. The third-order valence-corrected chi connectivity index (χ3v) is 7.42. The number of hydrogen-bond acceptors (Lipinski definition) is 4. The van der Waals surface area contributed by atoms with Crippen LogP contribution >= 0.6 is 0 Å². The fourth-order valence-corrected chi connectivity index (χ4v) is 5.20. The maximum Gasteiger partial charge on any atom is 0.259 e. The zero-order valence-electron chi connectivity index (χ0n) is 20.0. The highest BCUT2D eigenvalue weighted by Gasteiger charge is 2.29. The lowest BCUT2D eigenvalue weighted by Gasteiger charge is -2.36. The molecule has 2 aromatic rings. The summed E-state index contributed by atoms with van der Waals surface area (Å²) in [5, 5.41) is 2.90. The summed E-state index contributed by atoms with van der Waals surface area (Å²) in [5.41, 5.74) is 0.545. The van der Waals surface area contributed by atoms with Crippen molar-refractivity contribution in [1.29, 1.82) is 0 Å². The monoisotopic (exact) mass is 480 g/mol. The first-order valence-electron chi connectivity index (χ1n) is 12.8. The van der Waals surface area contributed by atoms with E-state index >= 15 is 0 Å². The minimum absolute atomic E-state index is 0.0588. The van der Waals surface area contributed by atoms with Gasteiger partial charge >= 0.3 is 0 Å². The molecule has 1 aromatic heterocycles. The van der Waals surface area contributed by atoms with Gasteiger partial charge in [0.1, 0.15) is 16.9 Å². The molecule has 1 aromatic carbocycles. The first-order chi connectivity index (χ1) is 17.0. The molecular weight excluding hydrogens is 447 g/mol. The van der Waals surface area contributed by atoms with Gasteiger partial charge in [-0.25, -0.2) is 4.39 Å². The van der Waals surface area contributed by atoms with Crippen LogP contribution < -0.4 is 15.6 Å². The van der Waals surface area contributed by atoms with Crippen LogP contribution in [0.2, 0.25) is 0 Å². The number of nitrogens with zero attached hydrogens (tertiary/aromatic N) is 3. The van der Waals surface area contributed by atoms with Gasteiger partial charge in [-0.3, -0.25) is 14.4 Å². The Morgan fingerprint density at radius 3 is 2.20 bits per heavy atom. The summed E-state index contributed by atoms with van der Waals surface area (Å²) in [6.07, 6.45) is 11.1. The van der Waals surface area contributed by atoms with Crippen LogP contribution in [0.15, 0.2) is 41.5 Å². The molecule has 1 N–H and O–H groups in total. The lowest BCUT2D eigenvalue weighted by molar-refractivity contribution is 0.0744. The van der Waals surface area contributed by atoms with Crippen LogP contribution in [0.1, 0.15) is 65.7 Å². The van der Waals surface area contributed by atoms with Crippen LogP contribution in [0, 0.1) is 11.7 Å². The highest BCUT2D eigenvalue weighted by molar-refractivity contribution is 5.99. The van der Waals surface area contributed by atoms with E-state index < -0.39 is 5.43 Å². The summed E-state index contributed by atoms with van der Waals surface area (Å²) in [7, 11) is 0. The van der Waals surface area contributed by atoms with Crippen LogP contribution in [0.3, 0.4) is 0 Å². The zero-order chi connectivity index (χ0) is 24.4. The molecule has 7 nitrogen and oxygen atoms in total. The lowest BCUT2D eigenvalue weighted by atomic mass is 9.89. The molecule has 2 aliphatic carbocycles. The summed E-state index contributed by atoms with van der Waals surface area (Å²) >= 11 is 0. The van der Waals surface area contributed by atoms with Crippen LogP contribution in [0.4, 0.5) is 10.1 Å². The summed E-state index contributed by atoms with van der Waals surface area (Å²) in [6.45, 7) is 2.81. The molecule has 3 fully saturated rings. The van der Waals surface area contributed by atoms with E-state index in [1.165, 1.54) is 31.4 Å². The highest BCUT2D eigenvalue weighted by atomic mass is 19.1. The van der Waals surface area contributed by atoms with Gasteiger partial charge < -0.3 is 19.7 Å². The molecular formula is C27H33FN4O3. The predicted octanol–water partition coefficient (Wildman–Crippen LogP) is 3.42. The molecule has 0 atom stereocenters. The van der Waals surface area contributed by atoms with E-state index in [9.17, 15) is 18.8 Å². The van der Waals surface area contributed by atoms with Crippen molar-refractivity contribution in [2.75, 3.05) is 31.1 Å². The van der Waals surface area contributed by atoms with Gasteiger partial charge in [-0.05, 0) is 55.9 Å². The normalized spacial score (nSPS) is 19.0. The molecule has 2 saturated carbocycles. The van der Waals surface area contributed by atoms with Crippen molar-refractivity contribution < 1.29 is 14.0 Å². The molecule has 0 spiro atoms. The molecule has 5 rings (SSSR count). The molecule has 3 aliphatic rings. The molecule has 0 unspecified atom stereocenters. The van der Waals surface area contributed by atoms with E-state index in [0.29, 0.717) is 38.6 Å². The van der Waals surface area contributed by atoms with Gasteiger partial charge in [0.15, 0.2) is 0 Å². The molecule has 0 radical (unpaired) electrons. The van der Waals surface area contributed by atoms with Gasteiger partial charge in [-0.2, -0.15) is 0 Å². The Kier molecular flexibility index (Phi) is 6.88. The standard InChI is InChI=1S/C27H33FN4O3/c28-20-6-10-22(11-7-20)31-12-14-32(15-13-31)27(35)24-18-30(16-19-4-2-1-3-5-19)17-23(25(24)33)26(34)29-21-8-9-21/h6-7,10-11,17-19,21H,1-5,8-9,12-16H2,(H,29,34). The number of anilines is 1. The minimum Gasteiger partial charge on any atom is -0.368 e. The smallest absolute Gasteiger partial charge is 0.259 e. The maximum absolute atomic E-state index is 13.5. The van der Waals surface area contributed by atoms with Crippen LogP contribution in [-0.4, -0.2) is 53.5 Å². The average molecular weight is 481 g/mol.